The number of nitrogens with one attached hydrogen (secondary N) is 1. The molecule has 2 N–H and O–H groups in total. The summed E-state index contributed by atoms with van der Waals surface area (Å²) in [6.07, 6.45) is 0. The third-order valence-corrected chi connectivity index (χ3v) is 2.27. The van der Waals surface area contributed by atoms with Crippen LogP contribution >= 0.6 is 0 Å². The van der Waals surface area contributed by atoms with Gasteiger partial charge in [-0.3, -0.25) is 10.1 Å². The lowest BCUT2D eigenvalue weighted by Gasteiger charge is -2.06. The summed E-state index contributed by atoms with van der Waals surface area (Å²) >= 11 is 0. The molecule has 104 valence electrons. The van der Waals surface area contributed by atoms with Crippen molar-refractivity contribution in [2.75, 3.05) is 5.32 Å². The summed E-state index contributed by atoms with van der Waals surface area (Å²) in [5, 5.41) is 21.5. The average molecular weight is 283 g/mol. The van der Waals surface area contributed by atoms with Crippen LogP contribution in [-0.4, -0.2) is 37.2 Å². The number of carboxylic acid groups (broad SMARTS) is 1. The molecule has 8 nitrogen and oxygen atoms in total. The number of carbonyl (C=O) groups excluding carboxylic acids is 1. The van der Waals surface area contributed by atoms with Gasteiger partial charge in [0.05, 0.1) is 18.2 Å². The number of tetrazole rings is 1. The number of benzene rings is 1. The van der Waals surface area contributed by atoms with Crippen LogP contribution in [0.1, 0.15) is 20.7 Å². The number of carbonyl (C=O) groups is 2. The maximum atomic E-state index is 13.1. The number of carboxylic acids is 1. The molecule has 0 aliphatic rings. The van der Waals surface area contributed by atoms with Crippen LogP contribution in [0.4, 0.5) is 14.7 Å². The van der Waals surface area contributed by atoms with E-state index in [0.29, 0.717) is 12.1 Å². The molecule has 0 unspecified atom stereocenters. The molecule has 1 amide bonds. The van der Waals surface area contributed by atoms with Gasteiger partial charge in [0.25, 0.3) is 11.9 Å². The summed E-state index contributed by atoms with van der Waals surface area (Å²) in [6, 6.07) is 0.918. The minimum Gasteiger partial charge on any atom is -0.478 e. The van der Waals surface area contributed by atoms with E-state index in [2.05, 4.69) is 20.7 Å². The Bertz CT molecular complexity index is 700. The number of rotatable bonds is 3. The maximum Gasteiger partial charge on any atom is 0.336 e. The highest BCUT2D eigenvalue weighted by atomic mass is 19.2. The highest BCUT2D eigenvalue weighted by molar-refractivity contribution is 6.10. The van der Waals surface area contributed by atoms with Gasteiger partial charge >= 0.3 is 5.97 Å². The molecular weight excluding hydrogens is 276 g/mol. The highest BCUT2D eigenvalue weighted by Crippen LogP contribution is 2.16. The molecule has 0 saturated heterocycles. The summed E-state index contributed by atoms with van der Waals surface area (Å²) in [4.78, 5) is 23.8. The molecule has 0 aliphatic heterocycles. The second-order valence-electron chi connectivity index (χ2n) is 3.67. The van der Waals surface area contributed by atoms with E-state index < -0.39 is 34.6 Å². The van der Waals surface area contributed by atoms with Gasteiger partial charge in [-0.25, -0.2) is 13.6 Å². The first-order chi connectivity index (χ1) is 9.38. The van der Waals surface area contributed by atoms with Crippen molar-refractivity contribution in [3.05, 3.63) is 34.9 Å². The third-order valence-electron chi connectivity index (χ3n) is 2.27. The molecule has 20 heavy (non-hydrogen) atoms. The largest absolute Gasteiger partial charge is 0.478 e. The Balaban J connectivity index is 2.38. The van der Waals surface area contributed by atoms with Gasteiger partial charge in [0, 0.05) is 0 Å². The molecule has 0 spiro atoms. The van der Waals surface area contributed by atoms with Crippen molar-refractivity contribution in [2.45, 2.75) is 0 Å². The van der Waals surface area contributed by atoms with E-state index in [1.54, 1.807) is 0 Å². The smallest absolute Gasteiger partial charge is 0.336 e. The number of nitrogens with zero attached hydrogens (tertiary/aromatic N) is 4. The number of halogens is 2. The number of anilines is 1. The summed E-state index contributed by atoms with van der Waals surface area (Å²) in [7, 11) is 1.45. The van der Waals surface area contributed by atoms with Gasteiger partial charge < -0.3 is 5.11 Å². The molecule has 0 saturated carbocycles. The quantitative estimate of drug-likeness (QED) is 0.845. The predicted octanol–water partition coefficient (Wildman–Crippen LogP) is 0.439. The lowest BCUT2D eigenvalue weighted by molar-refractivity contribution is 0.0691. The molecular formula is C10H7F2N5O3. The first-order valence-corrected chi connectivity index (χ1v) is 5.16. The van der Waals surface area contributed by atoms with E-state index in [9.17, 15) is 18.4 Å². The predicted molar refractivity (Wildman–Crippen MR) is 60.1 cm³/mol. The topological polar surface area (TPSA) is 110 Å². The van der Waals surface area contributed by atoms with Gasteiger partial charge in [-0.15, -0.1) is 5.10 Å². The molecule has 0 atom stereocenters. The molecule has 0 aliphatic carbocycles. The van der Waals surface area contributed by atoms with Crippen LogP contribution in [0.5, 0.6) is 0 Å². The van der Waals surface area contributed by atoms with Crippen LogP contribution in [0.3, 0.4) is 0 Å². The lowest BCUT2D eigenvalue weighted by atomic mass is 10.1. The van der Waals surface area contributed by atoms with Crippen molar-refractivity contribution in [1.82, 2.24) is 20.2 Å². The second-order valence-corrected chi connectivity index (χ2v) is 3.67. The summed E-state index contributed by atoms with van der Waals surface area (Å²) in [5.74, 6) is -5.46. The van der Waals surface area contributed by atoms with Crippen LogP contribution < -0.4 is 5.32 Å². The standard InChI is InChI=1S/C10H7F2N5O3/c1-17-15-10(14-16-17)13-8(18)4-2-6(11)7(12)3-5(4)9(19)20/h2-3H,1H3,(H,19,20)(H,13,15,18). The number of aryl methyl sites for hydroxylation is 1. The lowest BCUT2D eigenvalue weighted by Crippen LogP contribution is -2.18. The number of aromatic nitrogens is 4. The average Bonchev–Trinajstić information content (AvgIpc) is 2.77. The molecule has 1 aromatic carbocycles. The van der Waals surface area contributed by atoms with Gasteiger partial charge in [-0.2, -0.15) is 4.80 Å². The minimum atomic E-state index is -1.57. The molecule has 0 bridgehead atoms. The molecule has 1 aromatic heterocycles. The number of hydrogen-bond donors (Lipinski definition) is 2. The van der Waals surface area contributed by atoms with Crippen LogP contribution in [0.15, 0.2) is 12.1 Å². The van der Waals surface area contributed by atoms with Crippen LogP contribution in [0, 0.1) is 11.6 Å². The summed E-state index contributed by atoms with van der Waals surface area (Å²) in [5.41, 5.74) is -1.23. The molecule has 2 rings (SSSR count). The maximum absolute atomic E-state index is 13.1. The zero-order chi connectivity index (χ0) is 14.9. The molecule has 10 heteroatoms. The fourth-order valence-corrected chi connectivity index (χ4v) is 1.41. The van der Waals surface area contributed by atoms with Crippen molar-refractivity contribution < 1.29 is 23.5 Å². The molecule has 1 heterocycles. The van der Waals surface area contributed by atoms with Crippen molar-refractivity contribution in [1.29, 1.82) is 0 Å². The normalized spacial score (nSPS) is 10.3. The Morgan fingerprint density at radius 1 is 1.25 bits per heavy atom. The molecule has 0 radical (unpaired) electrons. The summed E-state index contributed by atoms with van der Waals surface area (Å²) < 4.78 is 26.1. The fraction of sp³-hybridized carbons (Fsp3) is 0.100. The van der Waals surface area contributed by atoms with Gasteiger partial charge in [0.2, 0.25) is 0 Å². The number of hydrogen-bond acceptors (Lipinski definition) is 5. The van der Waals surface area contributed by atoms with Gasteiger partial charge in [-0.05, 0) is 17.3 Å². The van der Waals surface area contributed by atoms with Gasteiger partial charge in [-0.1, -0.05) is 5.10 Å². The minimum absolute atomic E-state index is 0.196. The van der Waals surface area contributed by atoms with E-state index in [1.165, 1.54) is 7.05 Å². The monoisotopic (exact) mass is 283 g/mol. The molecule has 0 fully saturated rings. The number of amides is 1. The Hall–Kier alpha value is -2.91. The van der Waals surface area contributed by atoms with Crippen molar-refractivity contribution in [2.24, 2.45) is 7.05 Å². The van der Waals surface area contributed by atoms with E-state index in [-0.39, 0.29) is 5.95 Å². The zero-order valence-corrected chi connectivity index (χ0v) is 9.96. The summed E-state index contributed by atoms with van der Waals surface area (Å²) in [6.45, 7) is 0. The third kappa shape index (κ3) is 2.58. The van der Waals surface area contributed by atoms with E-state index in [1.807, 2.05) is 0 Å². The zero-order valence-electron chi connectivity index (χ0n) is 9.96. The Kier molecular flexibility index (Phi) is 3.37. The Labute approximate surface area is 110 Å². The van der Waals surface area contributed by atoms with E-state index in [0.717, 1.165) is 4.80 Å². The second kappa shape index (κ2) is 4.99. The van der Waals surface area contributed by atoms with Crippen LogP contribution in [-0.2, 0) is 7.05 Å². The Morgan fingerprint density at radius 2 is 1.85 bits per heavy atom. The van der Waals surface area contributed by atoms with E-state index in [4.69, 9.17) is 5.11 Å². The fourth-order valence-electron chi connectivity index (χ4n) is 1.41. The van der Waals surface area contributed by atoms with Crippen molar-refractivity contribution in [3.63, 3.8) is 0 Å². The first-order valence-electron chi connectivity index (χ1n) is 5.16. The van der Waals surface area contributed by atoms with Gasteiger partial charge in [0.1, 0.15) is 0 Å². The van der Waals surface area contributed by atoms with Crippen molar-refractivity contribution >= 4 is 17.8 Å². The molecule has 2 aromatic rings. The van der Waals surface area contributed by atoms with Crippen LogP contribution in [0.2, 0.25) is 0 Å². The Morgan fingerprint density at radius 3 is 2.35 bits per heavy atom. The van der Waals surface area contributed by atoms with E-state index >= 15 is 0 Å². The highest BCUT2D eigenvalue weighted by Gasteiger charge is 2.21. The SMILES string of the molecule is Cn1nnc(NC(=O)c2cc(F)c(F)cc2C(=O)O)n1. The number of aromatic carboxylic acids is 1. The van der Waals surface area contributed by atoms with Crippen LogP contribution in [0.25, 0.3) is 0 Å². The van der Waals surface area contributed by atoms with Crippen molar-refractivity contribution in [3.8, 4) is 0 Å². The van der Waals surface area contributed by atoms with Gasteiger partial charge in [0.15, 0.2) is 11.6 Å². The first kappa shape index (κ1) is 13.5.